The van der Waals surface area contributed by atoms with Crippen molar-refractivity contribution < 1.29 is 9.90 Å². The summed E-state index contributed by atoms with van der Waals surface area (Å²) in [6, 6.07) is 7.24. The van der Waals surface area contributed by atoms with Crippen LogP contribution in [0.4, 0.5) is 0 Å². The van der Waals surface area contributed by atoms with Crippen molar-refractivity contribution in [2.45, 2.75) is 6.92 Å². The van der Waals surface area contributed by atoms with E-state index in [9.17, 15) is 4.79 Å². The second kappa shape index (κ2) is 5.86. The van der Waals surface area contributed by atoms with Gasteiger partial charge < -0.3 is 10.4 Å². The number of benzene rings is 1. The van der Waals surface area contributed by atoms with E-state index in [0.29, 0.717) is 10.6 Å². The predicted molar refractivity (Wildman–Crippen MR) is 72.7 cm³/mol. The van der Waals surface area contributed by atoms with Crippen molar-refractivity contribution in [3.8, 4) is 5.69 Å². The van der Waals surface area contributed by atoms with Gasteiger partial charge in [0.15, 0.2) is 0 Å². The lowest BCUT2D eigenvalue weighted by Gasteiger charge is -2.06. The number of halogens is 1. The smallest absolute Gasteiger partial charge is 0.254 e. The largest absolute Gasteiger partial charge is 0.395 e. The normalized spacial score (nSPS) is 10.5. The number of aliphatic hydroxyl groups is 1. The number of hydrogen-bond acceptors (Lipinski definition) is 3. The summed E-state index contributed by atoms with van der Waals surface area (Å²) in [7, 11) is 0. The standard InChI is InChI=1S/C13H14ClN3O2/c1-9-12(13(19)15-5-6-18)8-16-17(9)11-4-2-3-10(14)7-11/h2-4,7-8,18H,5-6H2,1H3,(H,15,19). The number of rotatable bonds is 4. The topological polar surface area (TPSA) is 67.2 Å². The summed E-state index contributed by atoms with van der Waals surface area (Å²) in [4.78, 5) is 11.8. The predicted octanol–water partition coefficient (Wildman–Crippen LogP) is 1.56. The minimum absolute atomic E-state index is 0.0901. The van der Waals surface area contributed by atoms with Crippen LogP contribution >= 0.6 is 11.6 Å². The van der Waals surface area contributed by atoms with Gasteiger partial charge in [-0.2, -0.15) is 5.10 Å². The lowest BCUT2D eigenvalue weighted by molar-refractivity contribution is 0.0944. The van der Waals surface area contributed by atoms with Crippen LogP contribution in [0.25, 0.3) is 5.69 Å². The van der Waals surface area contributed by atoms with E-state index in [1.165, 1.54) is 6.20 Å². The number of carbonyl (C=O) groups is 1. The molecule has 6 heteroatoms. The quantitative estimate of drug-likeness (QED) is 0.892. The van der Waals surface area contributed by atoms with Gasteiger partial charge in [-0.15, -0.1) is 0 Å². The first-order chi connectivity index (χ1) is 9.13. The van der Waals surface area contributed by atoms with Crippen LogP contribution in [0.3, 0.4) is 0 Å². The Labute approximate surface area is 115 Å². The fourth-order valence-corrected chi connectivity index (χ4v) is 1.95. The molecule has 19 heavy (non-hydrogen) atoms. The van der Waals surface area contributed by atoms with Crippen LogP contribution in [-0.2, 0) is 0 Å². The van der Waals surface area contributed by atoms with Gasteiger partial charge in [0.1, 0.15) is 0 Å². The number of aromatic nitrogens is 2. The molecule has 0 aliphatic heterocycles. The molecule has 5 nitrogen and oxygen atoms in total. The Kier molecular flexibility index (Phi) is 4.19. The van der Waals surface area contributed by atoms with Crippen molar-refractivity contribution in [2.24, 2.45) is 0 Å². The van der Waals surface area contributed by atoms with Gasteiger partial charge in [0.05, 0.1) is 29.7 Å². The average Bonchev–Trinajstić information content (AvgIpc) is 2.78. The summed E-state index contributed by atoms with van der Waals surface area (Å²) in [5, 5.41) is 16.1. The van der Waals surface area contributed by atoms with Gasteiger partial charge in [-0.3, -0.25) is 4.79 Å². The van der Waals surface area contributed by atoms with Gasteiger partial charge in [-0.05, 0) is 25.1 Å². The highest BCUT2D eigenvalue weighted by Crippen LogP contribution is 2.17. The third kappa shape index (κ3) is 2.94. The van der Waals surface area contributed by atoms with Gasteiger partial charge in [0.2, 0.25) is 0 Å². The molecule has 0 saturated carbocycles. The van der Waals surface area contributed by atoms with Crippen molar-refractivity contribution in [1.82, 2.24) is 15.1 Å². The SMILES string of the molecule is Cc1c(C(=O)NCCO)cnn1-c1cccc(Cl)c1. The van der Waals surface area contributed by atoms with Crippen molar-refractivity contribution in [1.29, 1.82) is 0 Å². The van der Waals surface area contributed by atoms with Crippen LogP contribution in [0.15, 0.2) is 30.5 Å². The van der Waals surface area contributed by atoms with E-state index >= 15 is 0 Å². The highest BCUT2D eigenvalue weighted by atomic mass is 35.5. The van der Waals surface area contributed by atoms with Crippen LogP contribution in [0, 0.1) is 6.92 Å². The van der Waals surface area contributed by atoms with Crippen LogP contribution in [0.5, 0.6) is 0 Å². The number of hydrogen-bond donors (Lipinski definition) is 2. The third-order valence-electron chi connectivity index (χ3n) is 2.70. The first kappa shape index (κ1) is 13.6. The van der Waals surface area contributed by atoms with Gasteiger partial charge >= 0.3 is 0 Å². The summed E-state index contributed by atoms with van der Waals surface area (Å²) in [6.07, 6.45) is 1.50. The molecule has 0 fully saturated rings. The minimum atomic E-state index is -0.250. The second-order valence-electron chi connectivity index (χ2n) is 4.01. The van der Waals surface area contributed by atoms with Crippen LogP contribution < -0.4 is 5.32 Å². The van der Waals surface area contributed by atoms with E-state index in [4.69, 9.17) is 16.7 Å². The molecule has 1 amide bonds. The Bertz CT molecular complexity index is 595. The molecule has 2 rings (SSSR count). The molecule has 0 aliphatic carbocycles. The lowest BCUT2D eigenvalue weighted by atomic mass is 10.2. The third-order valence-corrected chi connectivity index (χ3v) is 2.94. The van der Waals surface area contributed by atoms with Crippen molar-refractivity contribution in [3.63, 3.8) is 0 Å². The zero-order valence-corrected chi connectivity index (χ0v) is 11.2. The molecule has 0 spiro atoms. The number of nitrogens with one attached hydrogen (secondary N) is 1. The number of carbonyl (C=O) groups excluding carboxylic acids is 1. The molecule has 2 N–H and O–H groups in total. The average molecular weight is 280 g/mol. The van der Waals surface area contributed by atoms with Gasteiger partial charge in [-0.25, -0.2) is 4.68 Å². The highest BCUT2D eigenvalue weighted by molar-refractivity contribution is 6.30. The molecular weight excluding hydrogens is 266 g/mol. The van der Waals surface area contributed by atoms with Gasteiger partial charge in [-0.1, -0.05) is 17.7 Å². The molecule has 1 aromatic carbocycles. The first-order valence-corrected chi connectivity index (χ1v) is 6.21. The Balaban J connectivity index is 2.30. The van der Waals surface area contributed by atoms with E-state index in [-0.39, 0.29) is 19.1 Å². The maximum atomic E-state index is 11.8. The molecule has 0 saturated heterocycles. The van der Waals surface area contributed by atoms with Crippen LogP contribution in [-0.4, -0.2) is 33.9 Å². The molecular formula is C13H14ClN3O2. The van der Waals surface area contributed by atoms with Gasteiger partial charge in [0, 0.05) is 11.6 Å². The molecule has 0 aliphatic rings. The molecule has 2 aromatic rings. The fraction of sp³-hybridized carbons (Fsp3) is 0.231. The van der Waals surface area contributed by atoms with Crippen molar-refractivity contribution >= 4 is 17.5 Å². The van der Waals surface area contributed by atoms with E-state index in [2.05, 4.69) is 10.4 Å². The monoisotopic (exact) mass is 279 g/mol. The van der Waals surface area contributed by atoms with Crippen molar-refractivity contribution in [2.75, 3.05) is 13.2 Å². The molecule has 0 atom stereocenters. The molecule has 0 unspecified atom stereocenters. The zero-order valence-electron chi connectivity index (χ0n) is 10.4. The summed E-state index contributed by atoms with van der Waals surface area (Å²) >= 11 is 5.94. The minimum Gasteiger partial charge on any atom is -0.395 e. The number of amides is 1. The summed E-state index contributed by atoms with van der Waals surface area (Å²) in [6.45, 7) is 1.94. The molecule has 1 aromatic heterocycles. The van der Waals surface area contributed by atoms with Crippen LogP contribution in [0.2, 0.25) is 5.02 Å². The fourth-order valence-electron chi connectivity index (χ4n) is 1.77. The number of aliphatic hydroxyl groups excluding tert-OH is 1. The Morgan fingerprint density at radius 2 is 2.32 bits per heavy atom. The van der Waals surface area contributed by atoms with Crippen LogP contribution in [0.1, 0.15) is 16.1 Å². The maximum absolute atomic E-state index is 11.8. The molecule has 0 bridgehead atoms. The van der Waals surface area contributed by atoms with E-state index in [1.807, 2.05) is 19.1 Å². The Morgan fingerprint density at radius 3 is 3.00 bits per heavy atom. The summed E-state index contributed by atoms with van der Waals surface area (Å²) < 4.78 is 1.65. The second-order valence-corrected chi connectivity index (χ2v) is 4.45. The molecule has 0 radical (unpaired) electrons. The summed E-state index contributed by atoms with van der Waals surface area (Å²) in [5.74, 6) is -0.250. The van der Waals surface area contributed by atoms with E-state index in [1.54, 1.807) is 16.8 Å². The molecule has 100 valence electrons. The Hall–Kier alpha value is -1.85. The molecule has 1 heterocycles. The maximum Gasteiger partial charge on any atom is 0.254 e. The lowest BCUT2D eigenvalue weighted by Crippen LogP contribution is -2.26. The first-order valence-electron chi connectivity index (χ1n) is 5.83. The van der Waals surface area contributed by atoms with E-state index in [0.717, 1.165) is 11.4 Å². The zero-order chi connectivity index (χ0) is 13.8. The van der Waals surface area contributed by atoms with E-state index < -0.39 is 0 Å². The number of nitrogens with zero attached hydrogens (tertiary/aromatic N) is 2. The van der Waals surface area contributed by atoms with Crippen molar-refractivity contribution in [3.05, 3.63) is 46.7 Å². The van der Waals surface area contributed by atoms with Gasteiger partial charge in [0.25, 0.3) is 5.91 Å². The summed E-state index contributed by atoms with van der Waals surface area (Å²) in [5.41, 5.74) is 2.00. The Morgan fingerprint density at radius 1 is 1.53 bits per heavy atom. The highest BCUT2D eigenvalue weighted by Gasteiger charge is 2.14.